The average Bonchev–Trinajstić information content (AvgIpc) is 2.55. The van der Waals surface area contributed by atoms with E-state index in [9.17, 15) is 26.9 Å². The van der Waals surface area contributed by atoms with Gasteiger partial charge in [-0.3, -0.25) is 0 Å². The van der Waals surface area contributed by atoms with Gasteiger partial charge in [0.15, 0.2) is 19.7 Å². The normalized spacial score (nSPS) is 12.5. The lowest BCUT2D eigenvalue weighted by atomic mass is 10.2. The molecular formula is C16H22N2O6S2. The first-order chi connectivity index (χ1) is 12.1. The molecule has 0 atom stereocenters. The highest BCUT2D eigenvalue weighted by molar-refractivity contribution is 7.91. The molecule has 0 bridgehead atoms. The minimum absolute atomic E-state index is 0.000776. The Morgan fingerprint density at radius 3 is 2.08 bits per heavy atom. The van der Waals surface area contributed by atoms with Crippen LogP contribution in [0.3, 0.4) is 0 Å². The van der Waals surface area contributed by atoms with Gasteiger partial charge in [-0.05, 0) is 18.9 Å². The van der Waals surface area contributed by atoms with Gasteiger partial charge in [0.25, 0.3) is 11.2 Å². The Hall–Kier alpha value is -1.94. The van der Waals surface area contributed by atoms with E-state index in [4.69, 9.17) is 0 Å². The number of benzene rings is 1. The standard InChI is InChI=1S/C16H22N2O6S2/c1-3-9-25(21,22)11-15-16(12-26(23,24)10-4-2)18(20)14-8-6-5-7-13(14)17(15)19/h5-8H,3-4,9-12H2,1-2H3. The fourth-order valence-electron chi connectivity index (χ4n) is 2.80. The minimum Gasteiger partial charge on any atom is -0.805 e. The second kappa shape index (κ2) is 7.75. The number of aromatic nitrogens is 2. The highest BCUT2D eigenvalue weighted by atomic mass is 32.2. The Morgan fingerprint density at radius 2 is 1.50 bits per heavy atom. The predicted molar refractivity (Wildman–Crippen MR) is 99.6 cm³/mol. The number of hydrogen-bond acceptors (Lipinski definition) is 6. The Bertz CT molecular complexity index is 1070. The van der Waals surface area contributed by atoms with E-state index in [1.165, 1.54) is 12.1 Å². The maximum Gasteiger partial charge on any atom is 0.286 e. The molecule has 1 aromatic heterocycles. The molecule has 0 amide bonds. The van der Waals surface area contributed by atoms with Gasteiger partial charge in [0.1, 0.15) is 17.0 Å². The van der Waals surface area contributed by atoms with Crippen molar-refractivity contribution >= 4 is 30.7 Å². The number of para-hydroxylation sites is 2. The van der Waals surface area contributed by atoms with Crippen molar-refractivity contribution in [2.24, 2.45) is 0 Å². The molecule has 2 aromatic rings. The second-order valence-corrected chi connectivity index (χ2v) is 10.5. The molecule has 0 saturated carbocycles. The summed E-state index contributed by atoms with van der Waals surface area (Å²) in [5.41, 5.74) is -0.652. The first-order valence-electron chi connectivity index (χ1n) is 8.28. The lowest BCUT2D eigenvalue weighted by Gasteiger charge is -2.19. The summed E-state index contributed by atoms with van der Waals surface area (Å²) in [6.45, 7) is 3.37. The van der Waals surface area contributed by atoms with E-state index in [-0.39, 0.29) is 33.9 Å². The van der Waals surface area contributed by atoms with Crippen molar-refractivity contribution in [2.75, 3.05) is 11.5 Å². The first-order valence-corrected chi connectivity index (χ1v) is 11.9. The molecule has 2 rings (SSSR count). The maximum atomic E-state index is 12.7. The van der Waals surface area contributed by atoms with Crippen LogP contribution in [-0.2, 0) is 31.2 Å². The van der Waals surface area contributed by atoms with Crippen LogP contribution in [0, 0.1) is 10.1 Å². The van der Waals surface area contributed by atoms with Gasteiger partial charge in [0.2, 0.25) is 0 Å². The zero-order chi connectivity index (χ0) is 19.5. The zero-order valence-electron chi connectivity index (χ0n) is 14.7. The summed E-state index contributed by atoms with van der Waals surface area (Å²) in [5.74, 6) is -1.65. The SMILES string of the molecule is CCCS(=O)(=O)Cc1c(CS(=O)(=O)CCC)[n+](=O)c2ccccc2n1[O-]. The lowest BCUT2D eigenvalue weighted by Crippen LogP contribution is -2.31. The Kier molecular flexibility index (Phi) is 6.07. The van der Waals surface area contributed by atoms with Crippen molar-refractivity contribution < 1.29 is 21.3 Å². The third kappa shape index (κ3) is 4.42. The van der Waals surface area contributed by atoms with Crippen molar-refractivity contribution in [3.05, 3.63) is 45.8 Å². The topological polar surface area (TPSA) is 119 Å². The molecule has 0 N–H and O–H groups in total. The van der Waals surface area contributed by atoms with Crippen LogP contribution in [0.1, 0.15) is 38.1 Å². The van der Waals surface area contributed by atoms with Gasteiger partial charge < -0.3 is 9.94 Å². The van der Waals surface area contributed by atoms with Crippen LogP contribution in [0.15, 0.2) is 24.3 Å². The highest BCUT2D eigenvalue weighted by Gasteiger charge is 2.29. The summed E-state index contributed by atoms with van der Waals surface area (Å²) >= 11 is 0. The van der Waals surface area contributed by atoms with Crippen molar-refractivity contribution in [1.29, 1.82) is 0 Å². The molecule has 26 heavy (non-hydrogen) atoms. The molecule has 0 unspecified atom stereocenters. The Labute approximate surface area is 152 Å². The van der Waals surface area contributed by atoms with Gasteiger partial charge in [-0.25, -0.2) is 16.8 Å². The largest absolute Gasteiger partial charge is 0.805 e. The predicted octanol–water partition coefficient (Wildman–Crippen LogP) is 1.55. The summed E-state index contributed by atoms with van der Waals surface area (Å²) in [4.78, 5) is 12.7. The zero-order valence-corrected chi connectivity index (χ0v) is 16.3. The van der Waals surface area contributed by atoms with Crippen molar-refractivity contribution in [1.82, 2.24) is 4.73 Å². The number of sulfone groups is 2. The van der Waals surface area contributed by atoms with Crippen LogP contribution in [-0.4, -0.2) is 33.1 Å². The van der Waals surface area contributed by atoms with E-state index >= 15 is 0 Å². The van der Waals surface area contributed by atoms with Crippen molar-refractivity contribution in [3.63, 3.8) is 0 Å². The van der Waals surface area contributed by atoms with E-state index < -0.39 is 31.2 Å². The van der Waals surface area contributed by atoms with E-state index in [1.54, 1.807) is 26.0 Å². The van der Waals surface area contributed by atoms with Crippen LogP contribution < -0.4 is 4.43 Å². The van der Waals surface area contributed by atoms with Gasteiger partial charge >= 0.3 is 0 Å². The minimum atomic E-state index is -3.65. The third-order valence-electron chi connectivity index (χ3n) is 3.89. The summed E-state index contributed by atoms with van der Waals surface area (Å²) in [6.07, 6.45) is 0.714. The molecule has 0 aliphatic carbocycles. The van der Waals surface area contributed by atoms with E-state index in [2.05, 4.69) is 0 Å². The molecule has 0 fully saturated rings. The van der Waals surface area contributed by atoms with E-state index in [0.717, 1.165) is 0 Å². The van der Waals surface area contributed by atoms with Crippen LogP contribution in [0.2, 0.25) is 0 Å². The van der Waals surface area contributed by atoms with Gasteiger partial charge in [-0.2, -0.15) is 0 Å². The average molecular weight is 402 g/mol. The smallest absolute Gasteiger partial charge is 0.286 e. The molecule has 0 aliphatic heterocycles. The summed E-state index contributed by atoms with van der Waals surface area (Å²) in [7, 11) is -7.30. The second-order valence-electron chi connectivity index (χ2n) is 6.15. The third-order valence-corrected chi connectivity index (χ3v) is 7.37. The molecule has 0 spiro atoms. The van der Waals surface area contributed by atoms with Crippen LogP contribution in [0.5, 0.6) is 0 Å². The molecule has 0 radical (unpaired) electrons. The summed E-state index contributed by atoms with van der Waals surface area (Å²) in [5, 5.41) is 12.7. The number of fused-ring (bicyclic) bond motifs is 1. The molecular weight excluding hydrogens is 380 g/mol. The number of nitrogens with zero attached hydrogens (tertiary/aromatic N) is 2. The maximum absolute atomic E-state index is 12.7. The summed E-state index contributed by atoms with van der Waals surface area (Å²) in [6, 6.07) is 5.90. The summed E-state index contributed by atoms with van der Waals surface area (Å²) < 4.78 is 49.7. The van der Waals surface area contributed by atoms with Gasteiger partial charge in [0.05, 0.1) is 21.7 Å². The van der Waals surface area contributed by atoms with E-state index in [0.29, 0.717) is 22.0 Å². The lowest BCUT2D eigenvalue weighted by molar-refractivity contribution is -0.474. The Balaban J connectivity index is 2.76. The molecule has 8 nitrogen and oxygen atoms in total. The molecule has 1 heterocycles. The molecule has 1 aromatic carbocycles. The molecule has 10 heteroatoms. The quantitative estimate of drug-likeness (QED) is 0.618. The monoisotopic (exact) mass is 402 g/mol. The van der Waals surface area contributed by atoms with Crippen LogP contribution >= 0.6 is 0 Å². The van der Waals surface area contributed by atoms with Crippen molar-refractivity contribution in [2.45, 2.75) is 38.2 Å². The molecule has 0 saturated heterocycles. The highest BCUT2D eigenvalue weighted by Crippen LogP contribution is 2.19. The first kappa shape index (κ1) is 20.4. The molecule has 144 valence electrons. The van der Waals surface area contributed by atoms with Crippen molar-refractivity contribution in [3.8, 4) is 0 Å². The number of rotatable bonds is 8. The fraction of sp³-hybridized carbons (Fsp3) is 0.500. The Morgan fingerprint density at radius 1 is 0.962 bits per heavy atom. The van der Waals surface area contributed by atoms with E-state index in [1.807, 2.05) is 0 Å². The molecule has 0 aliphatic rings. The number of hydrogen-bond donors (Lipinski definition) is 0. The van der Waals surface area contributed by atoms with Gasteiger partial charge in [-0.1, -0.05) is 26.0 Å². The van der Waals surface area contributed by atoms with Crippen LogP contribution in [0.25, 0.3) is 11.0 Å². The fourth-order valence-corrected chi connectivity index (χ4v) is 5.73. The van der Waals surface area contributed by atoms with Gasteiger partial charge in [0, 0.05) is 11.0 Å². The van der Waals surface area contributed by atoms with Gasteiger partial charge in [-0.15, -0.1) is 0 Å². The van der Waals surface area contributed by atoms with Crippen LogP contribution in [0.4, 0.5) is 0 Å².